The molecule has 0 bridgehead atoms. The molecule has 0 unspecified atom stereocenters. The number of ether oxygens (including phenoxy) is 3. The van der Waals surface area contributed by atoms with Crippen molar-refractivity contribution >= 4 is 0 Å². The van der Waals surface area contributed by atoms with Crippen LogP contribution in [0.25, 0.3) is 0 Å². The van der Waals surface area contributed by atoms with Crippen molar-refractivity contribution in [2.45, 2.75) is 26.1 Å². The van der Waals surface area contributed by atoms with Gasteiger partial charge in [0.2, 0.25) is 0 Å². The second-order valence-electron chi connectivity index (χ2n) is 3.86. The molecule has 5 heteroatoms. The second-order valence-corrected chi connectivity index (χ2v) is 3.86. The van der Waals surface area contributed by atoms with Crippen LogP contribution in [0, 0.1) is 0 Å². The zero-order valence-corrected chi connectivity index (χ0v) is 9.21. The van der Waals surface area contributed by atoms with Crippen LogP contribution in [0.1, 0.15) is 25.3 Å². The monoisotopic (exact) mass is 230 g/mol. The first-order chi connectivity index (χ1) is 7.43. The van der Waals surface area contributed by atoms with Crippen molar-refractivity contribution in [1.82, 2.24) is 0 Å². The summed E-state index contributed by atoms with van der Waals surface area (Å²) < 4.78 is 39.5. The quantitative estimate of drug-likeness (QED) is 0.781. The molecule has 1 aliphatic heterocycles. The maximum absolute atomic E-state index is 12.8. The fourth-order valence-corrected chi connectivity index (χ4v) is 1.62. The lowest BCUT2D eigenvalue weighted by atomic mass is 10.0. The molecule has 0 radical (unpaired) electrons. The van der Waals surface area contributed by atoms with Gasteiger partial charge in [0.1, 0.15) is 5.75 Å². The lowest BCUT2D eigenvalue weighted by Crippen LogP contribution is -2.25. The average molecular weight is 230 g/mol. The molecule has 0 N–H and O–H groups in total. The zero-order valence-electron chi connectivity index (χ0n) is 9.21. The Morgan fingerprint density at radius 2 is 1.75 bits per heavy atom. The molecule has 0 aliphatic carbocycles. The predicted molar refractivity (Wildman–Crippen MR) is 53.3 cm³/mol. The molecule has 0 amide bonds. The Kier molecular flexibility index (Phi) is 2.40. The summed E-state index contributed by atoms with van der Waals surface area (Å²) in [6, 6.07) is 2.95. The first kappa shape index (κ1) is 11.0. The third-order valence-electron chi connectivity index (χ3n) is 2.38. The Morgan fingerprint density at radius 3 is 2.25 bits per heavy atom. The number of hydrogen-bond acceptors (Lipinski definition) is 3. The Morgan fingerprint density at radius 1 is 1.19 bits per heavy atom. The normalized spacial score (nSPS) is 16.6. The van der Waals surface area contributed by atoms with Crippen LogP contribution in [-0.2, 0) is 0 Å². The minimum atomic E-state index is -3.58. The van der Waals surface area contributed by atoms with Crippen LogP contribution in [-0.4, -0.2) is 13.4 Å². The van der Waals surface area contributed by atoms with E-state index in [1.54, 1.807) is 0 Å². The molecule has 88 valence electrons. The van der Waals surface area contributed by atoms with Crippen LogP contribution in [0.5, 0.6) is 17.2 Å². The summed E-state index contributed by atoms with van der Waals surface area (Å²) in [5, 5.41) is 0. The van der Waals surface area contributed by atoms with E-state index >= 15 is 0 Å². The lowest BCUT2D eigenvalue weighted by molar-refractivity contribution is -0.286. The molecule has 0 saturated heterocycles. The highest BCUT2D eigenvalue weighted by atomic mass is 19.3. The predicted octanol–water partition coefficient (Wildman–Crippen LogP) is 3.14. The van der Waals surface area contributed by atoms with Crippen molar-refractivity contribution in [1.29, 1.82) is 0 Å². The van der Waals surface area contributed by atoms with Crippen LogP contribution < -0.4 is 14.2 Å². The first-order valence-corrected chi connectivity index (χ1v) is 4.90. The van der Waals surface area contributed by atoms with Crippen molar-refractivity contribution in [3.8, 4) is 17.2 Å². The van der Waals surface area contributed by atoms with Gasteiger partial charge in [-0.25, -0.2) is 0 Å². The van der Waals surface area contributed by atoms with Crippen LogP contribution in [0.4, 0.5) is 8.78 Å². The molecule has 1 aromatic rings. The molecule has 1 heterocycles. The number of methoxy groups -OCH3 is 1. The van der Waals surface area contributed by atoms with E-state index in [4.69, 9.17) is 4.74 Å². The van der Waals surface area contributed by atoms with Crippen molar-refractivity contribution in [2.24, 2.45) is 0 Å². The third kappa shape index (κ3) is 1.77. The summed E-state index contributed by atoms with van der Waals surface area (Å²) >= 11 is 0. The number of rotatable bonds is 2. The minimum absolute atomic E-state index is 0.00579. The number of benzene rings is 1. The summed E-state index contributed by atoms with van der Waals surface area (Å²) in [4.78, 5) is 0. The molecular formula is C11H12F2O3. The topological polar surface area (TPSA) is 27.7 Å². The van der Waals surface area contributed by atoms with Crippen molar-refractivity contribution < 1.29 is 23.0 Å². The minimum Gasteiger partial charge on any atom is -0.496 e. The SMILES string of the molecule is COc1cc2c(cc1C(C)C)OC(F)(F)O2. The molecule has 0 aromatic heterocycles. The van der Waals surface area contributed by atoms with Gasteiger partial charge in [0.05, 0.1) is 7.11 Å². The van der Waals surface area contributed by atoms with Crippen molar-refractivity contribution in [3.05, 3.63) is 17.7 Å². The highest BCUT2D eigenvalue weighted by molar-refractivity contribution is 5.53. The van der Waals surface area contributed by atoms with E-state index in [0.29, 0.717) is 5.75 Å². The van der Waals surface area contributed by atoms with Gasteiger partial charge in [-0.3, -0.25) is 0 Å². The summed E-state index contributed by atoms with van der Waals surface area (Å²) in [6.07, 6.45) is -3.58. The van der Waals surface area contributed by atoms with E-state index in [9.17, 15) is 8.78 Å². The van der Waals surface area contributed by atoms with Gasteiger partial charge in [-0.05, 0) is 12.0 Å². The van der Waals surface area contributed by atoms with Gasteiger partial charge in [-0.15, -0.1) is 8.78 Å². The van der Waals surface area contributed by atoms with Gasteiger partial charge < -0.3 is 14.2 Å². The van der Waals surface area contributed by atoms with Crippen LogP contribution in [0.3, 0.4) is 0 Å². The average Bonchev–Trinajstić information content (AvgIpc) is 2.48. The zero-order chi connectivity index (χ0) is 11.9. The molecule has 0 saturated carbocycles. The summed E-state index contributed by atoms with van der Waals surface area (Å²) in [5.74, 6) is 0.730. The van der Waals surface area contributed by atoms with E-state index < -0.39 is 6.29 Å². The van der Waals surface area contributed by atoms with Gasteiger partial charge in [-0.1, -0.05) is 13.8 Å². The van der Waals surface area contributed by atoms with Gasteiger partial charge in [0.15, 0.2) is 11.5 Å². The first-order valence-electron chi connectivity index (χ1n) is 4.90. The molecule has 16 heavy (non-hydrogen) atoms. The number of hydrogen-bond donors (Lipinski definition) is 0. The van der Waals surface area contributed by atoms with Crippen molar-refractivity contribution in [3.63, 3.8) is 0 Å². The smallest absolute Gasteiger partial charge is 0.496 e. The third-order valence-corrected chi connectivity index (χ3v) is 2.38. The maximum atomic E-state index is 12.8. The molecule has 1 aromatic carbocycles. The van der Waals surface area contributed by atoms with Gasteiger partial charge in [0.25, 0.3) is 0 Å². The van der Waals surface area contributed by atoms with Crippen LogP contribution in [0.15, 0.2) is 12.1 Å². The highest BCUT2D eigenvalue weighted by Crippen LogP contribution is 2.45. The van der Waals surface area contributed by atoms with E-state index in [1.807, 2.05) is 13.8 Å². The Bertz CT molecular complexity index is 416. The molecule has 3 nitrogen and oxygen atoms in total. The maximum Gasteiger partial charge on any atom is 0.586 e. The molecular weight excluding hydrogens is 218 g/mol. The second kappa shape index (κ2) is 3.50. The van der Waals surface area contributed by atoms with Crippen LogP contribution in [0.2, 0.25) is 0 Å². The summed E-state index contributed by atoms with van der Waals surface area (Å²) in [7, 11) is 1.49. The van der Waals surface area contributed by atoms with Gasteiger partial charge >= 0.3 is 6.29 Å². The van der Waals surface area contributed by atoms with E-state index in [-0.39, 0.29) is 17.4 Å². The fraction of sp³-hybridized carbons (Fsp3) is 0.455. The number of alkyl halides is 2. The van der Waals surface area contributed by atoms with E-state index in [2.05, 4.69) is 9.47 Å². The van der Waals surface area contributed by atoms with Gasteiger partial charge in [0, 0.05) is 11.6 Å². The molecule has 0 spiro atoms. The standard InChI is InChI=1S/C11H12F2O3/c1-6(2)7-4-9-10(5-8(7)14-3)16-11(12,13)15-9/h4-6H,1-3H3. The summed E-state index contributed by atoms with van der Waals surface area (Å²) in [6.45, 7) is 3.89. The molecule has 0 fully saturated rings. The van der Waals surface area contributed by atoms with E-state index in [1.165, 1.54) is 19.2 Å². The Labute approximate surface area is 91.9 Å². The number of fused-ring (bicyclic) bond motifs is 1. The van der Waals surface area contributed by atoms with Gasteiger partial charge in [-0.2, -0.15) is 0 Å². The van der Waals surface area contributed by atoms with Crippen molar-refractivity contribution in [2.75, 3.05) is 7.11 Å². The van der Waals surface area contributed by atoms with E-state index in [0.717, 1.165) is 5.56 Å². The molecule has 0 atom stereocenters. The largest absolute Gasteiger partial charge is 0.586 e. The Hall–Kier alpha value is -1.52. The Balaban J connectivity index is 2.47. The fourth-order valence-electron chi connectivity index (χ4n) is 1.62. The molecule has 1 aliphatic rings. The highest BCUT2D eigenvalue weighted by Gasteiger charge is 2.44. The summed E-state index contributed by atoms with van der Waals surface area (Å²) in [5.41, 5.74) is 0.808. The van der Waals surface area contributed by atoms with Crippen LogP contribution >= 0.6 is 0 Å². The number of halogens is 2. The molecule has 2 rings (SSSR count). The lowest BCUT2D eigenvalue weighted by Gasteiger charge is -2.11.